The number of hydrogen-bond acceptors (Lipinski definition) is 4. The van der Waals surface area contributed by atoms with Gasteiger partial charge in [0.15, 0.2) is 5.82 Å². The molecule has 32 heavy (non-hydrogen) atoms. The van der Waals surface area contributed by atoms with Crippen LogP contribution in [-0.2, 0) is 13.0 Å². The van der Waals surface area contributed by atoms with Crippen molar-refractivity contribution in [1.29, 1.82) is 0 Å². The van der Waals surface area contributed by atoms with Crippen LogP contribution < -0.4 is 0 Å². The maximum atomic E-state index is 4.66. The highest BCUT2D eigenvalue weighted by Gasteiger charge is 2.31. The molecular formula is C26H32BrN5. The van der Waals surface area contributed by atoms with Crippen molar-refractivity contribution in [3.8, 4) is 0 Å². The first kappa shape index (κ1) is 21.8. The topological polar surface area (TPSA) is 37.2 Å². The zero-order valence-electron chi connectivity index (χ0n) is 18.6. The smallest absolute Gasteiger partial charge is 0.150 e. The van der Waals surface area contributed by atoms with E-state index < -0.39 is 0 Å². The van der Waals surface area contributed by atoms with Crippen molar-refractivity contribution < 1.29 is 0 Å². The van der Waals surface area contributed by atoms with E-state index in [4.69, 9.17) is 0 Å². The summed E-state index contributed by atoms with van der Waals surface area (Å²) in [6.07, 6.45) is 8.22. The molecule has 1 atom stereocenters. The van der Waals surface area contributed by atoms with E-state index >= 15 is 0 Å². The van der Waals surface area contributed by atoms with Crippen LogP contribution in [-0.4, -0.2) is 56.8 Å². The van der Waals surface area contributed by atoms with E-state index in [1.807, 2.05) is 6.33 Å². The van der Waals surface area contributed by atoms with E-state index in [1.54, 1.807) is 0 Å². The third-order valence-corrected chi connectivity index (χ3v) is 7.55. The lowest BCUT2D eigenvalue weighted by Gasteiger charge is -2.37. The van der Waals surface area contributed by atoms with Crippen LogP contribution in [0.4, 0.5) is 0 Å². The molecule has 1 saturated carbocycles. The van der Waals surface area contributed by atoms with Gasteiger partial charge in [-0.3, -0.25) is 9.80 Å². The van der Waals surface area contributed by atoms with Crippen LogP contribution in [0.25, 0.3) is 0 Å². The molecule has 2 aliphatic rings. The van der Waals surface area contributed by atoms with E-state index in [9.17, 15) is 0 Å². The van der Waals surface area contributed by atoms with Crippen molar-refractivity contribution in [3.63, 3.8) is 0 Å². The average molecular weight is 494 g/mol. The predicted molar refractivity (Wildman–Crippen MR) is 132 cm³/mol. The fraction of sp³-hybridized carbons (Fsp3) is 0.462. The average Bonchev–Trinajstić information content (AvgIpc) is 3.08. The van der Waals surface area contributed by atoms with Gasteiger partial charge in [-0.25, -0.2) is 0 Å². The molecule has 0 N–H and O–H groups in total. The molecule has 2 fully saturated rings. The van der Waals surface area contributed by atoms with Gasteiger partial charge < -0.3 is 4.57 Å². The van der Waals surface area contributed by atoms with Crippen molar-refractivity contribution in [1.82, 2.24) is 24.6 Å². The lowest BCUT2D eigenvalue weighted by molar-refractivity contribution is 0.124. The molecule has 168 valence electrons. The first-order valence-corrected chi connectivity index (χ1v) is 12.7. The van der Waals surface area contributed by atoms with Crippen molar-refractivity contribution in [2.45, 2.75) is 50.7 Å². The van der Waals surface area contributed by atoms with Gasteiger partial charge in [-0.1, -0.05) is 64.8 Å². The molecule has 0 spiro atoms. The minimum Gasteiger partial charge on any atom is -0.312 e. The summed E-state index contributed by atoms with van der Waals surface area (Å²) >= 11 is 3.65. The fourth-order valence-electron chi connectivity index (χ4n) is 5.08. The fourth-order valence-corrected chi connectivity index (χ4v) is 5.53. The molecule has 1 aromatic heterocycles. The molecule has 6 heteroatoms. The normalized spacial score (nSPS) is 19.4. The SMILES string of the molecule is Brc1cccc(CC(c2nncn2Cc2ccccc2)N2CCCN(C3CCC3)CC2)c1. The molecule has 2 heterocycles. The standard InChI is InChI=1S/C26H32BrN5/c27-23-10-4-9-22(17-23)18-25(31-14-6-13-30(15-16-31)24-11-5-12-24)26-29-28-20-32(26)19-21-7-2-1-3-8-21/h1-4,7-10,17,20,24-25H,5-6,11-16,18-19H2. The Morgan fingerprint density at radius 3 is 2.53 bits per heavy atom. The highest BCUT2D eigenvalue weighted by Crippen LogP contribution is 2.29. The molecule has 1 aliphatic heterocycles. The third kappa shape index (κ3) is 5.13. The van der Waals surface area contributed by atoms with Crippen molar-refractivity contribution in [2.24, 2.45) is 0 Å². The minimum atomic E-state index is 0.219. The van der Waals surface area contributed by atoms with Gasteiger partial charge in [0.05, 0.1) is 12.6 Å². The number of benzene rings is 2. The van der Waals surface area contributed by atoms with Crippen LogP contribution in [0.1, 0.15) is 48.7 Å². The van der Waals surface area contributed by atoms with Crippen molar-refractivity contribution >= 4 is 15.9 Å². The summed E-state index contributed by atoms with van der Waals surface area (Å²) < 4.78 is 3.37. The van der Waals surface area contributed by atoms with Crippen molar-refractivity contribution in [3.05, 3.63) is 82.3 Å². The number of nitrogens with zero attached hydrogens (tertiary/aromatic N) is 5. The van der Waals surface area contributed by atoms with Crippen LogP contribution >= 0.6 is 15.9 Å². The van der Waals surface area contributed by atoms with Gasteiger partial charge in [0, 0.05) is 30.1 Å². The van der Waals surface area contributed by atoms with Crippen LogP contribution in [0.5, 0.6) is 0 Å². The van der Waals surface area contributed by atoms with E-state index in [-0.39, 0.29) is 6.04 Å². The lowest BCUT2D eigenvalue weighted by atomic mass is 9.91. The first-order chi connectivity index (χ1) is 15.8. The maximum absolute atomic E-state index is 4.66. The number of hydrogen-bond donors (Lipinski definition) is 0. The Bertz CT molecular complexity index is 1000. The number of halogens is 1. The van der Waals surface area contributed by atoms with Gasteiger partial charge in [-0.05, 0) is 55.5 Å². The van der Waals surface area contributed by atoms with Gasteiger partial charge in [-0.15, -0.1) is 10.2 Å². The van der Waals surface area contributed by atoms with Gasteiger partial charge in [0.1, 0.15) is 6.33 Å². The van der Waals surface area contributed by atoms with E-state index in [2.05, 4.69) is 95.1 Å². The lowest BCUT2D eigenvalue weighted by Crippen LogP contribution is -2.42. The Morgan fingerprint density at radius 2 is 1.75 bits per heavy atom. The second-order valence-corrected chi connectivity index (χ2v) is 10.1. The van der Waals surface area contributed by atoms with Gasteiger partial charge in [0.2, 0.25) is 0 Å². The summed E-state index contributed by atoms with van der Waals surface area (Å²) in [7, 11) is 0. The van der Waals surface area contributed by atoms with Crippen molar-refractivity contribution in [2.75, 3.05) is 26.2 Å². The van der Waals surface area contributed by atoms with Crippen LogP contribution in [0.15, 0.2) is 65.4 Å². The summed E-state index contributed by atoms with van der Waals surface area (Å²) in [5.74, 6) is 1.07. The molecule has 5 nitrogen and oxygen atoms in total. The van der Waals surface area contributed by atoms with E-state index in [1.165, 1.54) is 43.4 Å². The Morgan fingerprint density at radius 1 is 0.906 bits per heavy atom. The summed E-state index contributed by atoms with van der Waals surface area (Å²) in [6, 6.07) is 20.4. The highest BCUT2D eigenvalue weighted by atomic mass is 79.9. The Labute approximate surface area is 199 Å². The quantitative estimate of drug-likeness (QED) is 0.467. The molecule has 0 amide bonds. The zero-order chi connectivity index (χ0) is 21.8. The monoisotopic (exact) mass is 493 g/mol. The molecule has 5 rings (SSSR count). The molecule has 0 bridgehead atoms. The largest absolute Gasteiger partial charge is 0.312 e. The summed E-state index contributed by atoms with van der Waals surface area (Å²) in [4.78, 5) is 5.39. The second kappa shape index (κ2) is 10.3. The number of rotatable bonds is 7. The number of aromatic nitrogens is 3. The summed E-state index contributed by atoms with van der Waals surface area (Å²) in [6.45, 7) is 5.39. The molecule has 3 aromatic rings. The molecule has 1 aliphatic carbocycles. The Kier molecular flexibility index (Phi) is 7.00. The van der Waals surface area contributed by atoms with Gasteiger partial charge >= 0.3 is 0 Å². The van der Waals surface area contributed by atoms with Crippen LogP contribution in [0.2, 0.25) is 0 Å². The highest BCUT2D eigenvalue weighted by molar-refractivity contribution is 9.10. The third-order valence-electron chi connectivity index (χ3n) is 7.05. The van der Waals surface area contributed by atoms with Gasteiger partial charge in [0.25, 0.3) is 0 Å². The summed E-state index contributed by atoms with van der Waals surface area (Å²) in [5, 5.41) is 9.01. The minimum absolute atomic E-state index is 0.219. The molecule has 1 saturated heterocycles. The molecule has 2 aromatic carbocycles. The van der Waals surface area contributed by atoms with Crippen LogP contribution in [0, 0.1) is 0 Å². The molecular weight excluding hydrogens is 462 g/mol. The Hall–Kier alpha value is -2.02. The first-order valence-electron chi connectivity index (χ1n) is 11.9. The molecule has 1 unspecified atom stereocenters. The van der Waals surface area contributed by atoms with E-state index in [0.29, 0.717) is 0 Å². The Balaban J connectivity index is 1.40. The predicted octanol–water partition coefficient (Wildman–Crippen LogP) is 4.93. The van der Waals surface area contributed by atoms with E-state index in [0.717, 1.165) is 48.9 Å². The maximum Gasteiger partial charge on any atom is 0.150 e. The van der Waals surface area contributed by atoms with Crippen LogP contribution in [0.3, 0.4) is 0 Å². The molecule has 0 radical (unpaired) electrons. The zero-order valence-corrected chi connectivity index (χ0v) is 20.2. The van der Waals surface area contributed by atoms with Gasteiger partial charge in [-0.2, -0.15) is 0 Å². The summed E-state index contributed by atoms with van der Waals surface area (Å²) in [5.41, 5.74) is 2.61. The second-order valence-electron chi connectivity index (χ2n) is 9.16.